The fraction of sp³-hybridized carbons (Fsp3) is 0.556. The molecule has 1 aromatic carbocycles. The molecule has 0 saturated heterocycles. The fourth-order valence-corrected chi connectivity index (χ4v) is 4.11. The van der Waals surface area contributed by atoms with Crippen molar-refractivity contribution in [3.8, 4) is 5.75 Å². The number of nitrogens with one attached hydrogen (secondary N) is 4. The number of carbonyl (C=O) groups is 4. The molecule has 2 heterocycles. The van der Waals surface area contributed by atoms with Crippen molar-refractivity contribution in [2.75, 3.05) is 6.61 Å². The molecule has 0 spiro atoms. The van der Waals surface area contributed by atoms with Gasteiger partial charge in [-0.1, -0.05) is 44.9 Å². The monoisotopic (exact) mass is 541 g/mol. The molecule has 12 nitrogen and oxygen atoms in total. The molecule has 1 aliphatic heterocycles. The summed E-state index contributed by atoms with van der Waals surface area (Å²) in [5, 5.41) is 19.2. The Bertz CT molecular complexity index is 1150. The van der Waals surface area contributed by atoms with Gasteiger partial charge in [-0.25, -0.2) is 4.68 Å². The van der Waals surface area contributed by atoms with Crippen LogP contribution in [0.2, 0.25) is 0 Å². The van der Waals surface area contributed by atoms with E-state index >= 15 is 0 Å². The minimum absolute atomic E-state index is 0.132. The smallest absolute Gasteiger partial charge is 0.252 e. The van der Waals surface area contributed by atoms with E-state index < -0.39 is 35.8 Å². The first-order valence-corrected chi connectivity index (χ1v) is 13.5. The van der Waals surface area contributed by atoms with E-state index in [1.807, 2.05) is 20.8 Å². The van der Waals surface area contributed by atoms with Crippen molar-refractivity contribution in [1.82, 2.24) is 36.3 Å². The van der Waals surface area contributed by atoms with Crippen molar-refractivity contribution in [3.05, 3.63) is 41.7 Å². The number of hydrogen-bond acceptors (Lipinski definition) is 7. The van der Waals surface area contributed by atoms with Crippen molar-refractivity contribution in [2.24, 2.45) is 5.92 Å². The number of amides is 4. The van der Waals surface area contributed by atoms with Crippen LogP contribution in [-0.4, -0.2) is 63.4 Å². The number of rotatable bonds is 5. The average molecular weight is 542 g/mol. The topological polar surface area (TPSA) is 156 Å². The molecule has 39 heavy (non-hydrogen) atoms. The van der Waals surface area contributed by atoms with Gasteiger partial charge in [0.25, 0.3) is 5.91 Å². The second-order valence-corrected chi connectivity index (χ2v) is 10.2. The molecule has 12 heteroatoms. The highest BCUT2D eigenvalue weighted by Gasteiger charge is 2.28. The van der Waals surface area contributed by atoms with E-state index in [2.05, 4.69) is 31.6 Å². The summed E-state index contributed by atoms with van der Waals surface area (Å²) in [6.07, 6.45) is 4.08. The number of benzene rings is 1. The molecule has 2 aromatic rings. The molecule has 1 aromatic heterocycles. The molecule has 3 atom stereocenters. The first-order valence-electron chi connectivity index (χ1n) is 13.5. The van der Waals surface area contributed by atoms with Crippen molar-refractivity contribution in [2.45, 2.75) is 84.6 Å². The average Bonchev–Trinajstić information content (AvgIpc) is 3.36. The Hall–Kier alpha value is -3.96. The summed E-state index contributed by atoms with van der Waals surface area (Å²) < 4.78 is 7.41. The summed E-state index contributed by atoms with van der Waals surface area (Å²) in [5.41, 5.74) is 0.906. The van der Waals surface area contributed by atoms with Crippen LogP contribution in [0.1, 0.15) is 69.4 Å². The Balaban J connectivity index is 1.85. The SMILES string of the molecule is CCCC[C@@H]1NC(=O)c2cccc(c2)OCCn2cc(nn2)CNC(=O)[C@@H](CC(C)C)NC(=O)[C@@H](C)NC1=O. The van der Waals surface area contributed by atoms with Crippen LogP contribution >= 0.6 is 0 Å². The Morgan fingerprint density at radius 2 is 1.85 bits per heavy atom. The van der Waals surface area contributed by atoms with E-state index in [4.69, 9.17) is 4.74 Å². The lowest BCUT2D eigenvalue weighted by molar-refractivity contribution is -0.132. The Kier molecular flexibility index (Phi) is 10.8. The van der Waals surface area contributed by atoms with Gasteiger partial charge < -0.3 is 26.0 Å². The molecule has 1 aliphatic rings. The zero-order chi connectivity index (χ0) is 28.4. The zero-order valence-electron chi connectivity index (χ0n) is 23.0. The van der Waals surface area contributed by atoms with Crippen molar-refractivity contribution >= 4 is 23.6 Å². The normalized spacial score (nSPS) is 21.6. The second-order valence-electron chi connectivity index (χ2n) is 10.2. The summed E-state index contributed by atoms with van der Waals surface area (Å²) in [5.74, 6) is -1.11. The van der Waals surface area contributed by atoms with Gasteiger partial charge in [0.1, 0.15) is 36.2 Å². The number of aromatic nitrogens is 3. The maximum atomic E-state index is 13.1. The summed E-state index contributed by atoms with van der Waals surface area (Å²) in [7, 11) is 0. The largest absolute Gasteiger partial charge is 0.492 e. The highest BCUT2D eigenvalue weighted by atomic mass is 16.5. The van der Waals surface area contributed by atoms with Crippen molar-refractivity contribution in [1.29, 1.82) is 0 Å². The number of nitrogens with zero attached hydrogens (tertiary/aromatic N) is 3. The minimum atomic E-state index is -0.924. The van der Waals surface area contributed by atoms with E-state index in [1.165, 1.54) is 0 Å². The molecule has 212 valence electrons. The van der Waals surface area contributed by atoms with E-state index in [-0.39, 0.29) is 25.0 Å². The van der Waals surface area contributed by atoms with E-state index in [0.29, 0.717) is 42.8 Å². The van der Waals surface area contributed by atoms with Gasteiger partial charge in [-0.3, -0.25) is 19.2 Å². The molecule has 0 fully saturated rings. The lowest BCUT2D eigenvalue weighted by Gasteiger charge is -2.24. The number of unbranched alkanes of at least 4 members (excludes halogenated alkanes) is 1. The predicted octanol–water partition coefficient (Wildman–Crippen LogP) is 1.31. The third-order valence-electron chi connectivity index (χ3n) is 6.28. The predicted molar refractivity (Wildman–Crippen MR) is 144 cm³/mol. The molecular weight excluding hydrogens is 502 g/mol. The van der Waals surface area contributed by atoms with Crippen LogP contribution in [0.5, 0.6) is 5.75 Å². The van der Waals surface area contributed by atoms with Gasteiger partial charge in [0.2, 0.25) is 17.7 Å². The fourth-order valence-electron chi connectivity index (χ4n) is 4.11. The van der Waals surface area contributed by atoms with Crippen LogP contribution in [0.4, 0.5) is 0 Å². The summed E-state index contributed by atoms with van der Waals surface area (Å²) in [4.78, 5) is 52.1. The van der Waals surface area contributed by atoms with Gasteiger partial charge >= 0.3 is 0 Å². The quantitative estimate of drug-likeness (QED) is 0.445. The lowest BCUT2D eigenvalue weighted by atomic mass is 10.0. The molecule has 4 bridgehead atoms. The van der Waals surface area contributed by atoms with Gasteiger partial charge in [-0.05, 0) is 43.9 Å². The van der Waals surface area contributed by atoms with Gasteiger partial charge in [-0.15, -0.1) is 5.10 Å². The van der Waals surface area contributed by atoms with Gasteiger partial charge in [-0.2, -0.15) is 0 Å². The second kappa shape index (κ2) is 14.3. The lowest BCUT2D eigenvalue weighted by Crippen LogP contribution is -2.56. The molecule has 3 rings (SSSR count). The summed E-state index contributed by atoms with van der Waals surface area (Å²) in [6.45, 7) is 8.27. The van der Waals surface area contributed by atoms with Crippen LogP contribution in [-0.2, 0) is 27.5 Å². The summed E-state index contributed by atoms with van der Waals surface area (Å²) >= 11 is 0. The van der Waals surface area contributed by atoms with Crippen LogP contribution in [0.3, 0.4) is 0 Å². The number of carbonyl (C=O) groups excluding carboxylic acids is 4. The van der Waals surface area contributed by atoms with E-state index in [0.717, 1.165) is 6.42 Å². The zero-order valence-corrected chi connectivity index (χ0v) is 23.0. The maximum Gasteiger partial charge on any atom is 0.252 e. The summed E-state index contributed by atoms with van der Waals surface area (Å²) in [6, 6.07) is 4.15. The third-order valence-corrected chi connectivity index (χ3v) is 6.28. The molecule has 0 radical (unpaired) electrons. The Morgan fingerprint density at radius 1 is 1.05 bits per heavy atom. The minimum Gasteiger partial charge on any atom is -0.492 e. The van der Waals surface area contributed by atoms with Gasteiger partial charge in [0.05, 0.1) is 19.3 Å². The molecule has 0 aliphatic carbocycles. The number of fused-ring (bicyclic) bond motifs is 4. The van der Waals surface area contributed by atoms with Crippen LogP contribution in [0, 0.1) is 5.92 Å². The van der Waals surface area contributed by atoms with Crippen molar-refractivity contribution in [3.63, 3.8) is 0 Å². The maximum absolute atomic E-state index is 13.1. The van der Waals surface area contributed by atoms with Gasteiger partial charge in [0, 0.05) is 5.56 Å². The molecule has 4 amide bonds. The van der Waals surface area contributed by atoms with E-state index in [9.17, 15) is 19.2 Å². The van der Waals surface area contributed by atoms with Crippen LogP contribution < -0.4 is 26.0 Å². The molecule has 4 N–H and O–H groups in total. The van der Waals surface area contributed by atoms with Crippen LogP contribution in [0.15, 0.2) is 30.5 Å². The Labute approximate surface area is 228 Å². The number of hydrogen-bond donors (Lipinski definition) is 4. The highest BCUT2D eigenvalue weighted by Crippen LogP contribution is 2.14. The van der Waals surface area contributed by atoms with E-state index in [1.54, 1.807) is 42.1 Å². The molecular formula is C27H39N7O5. The standard InChI is InChI=1S/C27H39N7O5/c1-5-6-10-22-27(38)29-18(4)24(35)31-23(13-17(2)3)26(37)28-15-20-16-34(33-32-20)11-12-39-21-9-7-8-19(14-21)25(36)30-22/h7-9,14,16-18,22-23H,5-6,10-13,15H2,1-4H3,(H,28,37)(H,29,38)(H,30,36)(H,31,35)/t18-,22+,23-/m1/s1. The van der Waals surface area contributed by atoms with Crippen molar-refractivity contribution < 1.29 is 23.9 Å². The highest BCUT2D eigenvalue weighted by molar-refractivity contribution is 5.99. The Morgan fingerprint density at radius 3 is 2.59 bits per heavy atom. The third kappa shape index (κ3) is 9.08. The first-order chi connectivity index (χ1) is 18.7. The first kappa shape index (κ1) is 29.6. The number of ether oxygens (including phenoxy) is 1. The van der Waals surface area contributed by atoms with Gasteiger partial charge in [0.15, 0.2) is 0 Å². The van der Waals surface area contributed by atoms with Crippen LogP contribution in [0.25, 0.3) is 0 Å². The molecule has 0 saturated carbocycles. The molecule has 0 unspecified atom stereocenters.